The molecule has 1 fully saturated rings. The summed E-state index contributed by atoms with van der Waals surface area (Å²) in [6.45, 7) is 0. The van der Waals surface area contributed by atoms with E-state index in [1.165, 1.54) is 24.2 Å². The molecule has 0 radical (unpaired) electrons. The first-order valence-electron chi connectivity index (χ1n) is 7.01. The molecule has 3 N–H and O–H groups in total. The number of nitrogens with one attached hydrogen (secondary N) is 1. The second kappa shape index (κ2) is 6.19. The average Bonchev–Trinajstić information content (AvgIpc) is 2.85. The Bertz CT molecular complexity index is 657. The molecule has 1 aliphatic rings. The second-order valence-electron chi connectivity index (χ2n) is 5.25. The van der Waals surface area contributed by atoms with Crippen LogP contribution >= 0.6 is 23.1 Å². The maximum Gasteiger partial charge on any atom is 0.263 e. The van der Waals surface area contributed by atoms with Gasteiger partial charge < -0.3 is 11.1 Å². The zero-order chi connectivity index (χ0) is 14.8. The molecular weight excluding hydrogens is 304 g/mol. The van der Waals surface area contributed by atoms with E-state index in [0.29, 0.717) is 26.2 Å². The average molecular weight is 322 g/mol. The number of hydrogen-bond acceptors (Lipinski definition) is 6. The van der Waals surface area contributed by atoms with Crippen LogP contribution in [0.1, 0.15) is 35.4 Å². The van der Waals surface area contributed by atoms with Crippen LogP contribution in [0.3, 0.4) is 0 Å². The summed E-state index contributed by atoms with van der Waals surface area (Å²) in [5.74, 6) is -0.0935. The summed E-state index contributed by atoms with van der Waals surface area (Å²) < 4.78 is 0. The van der Waals surface area contributed by atoms with Crippen LogP contribution in [0.15, 0.2) is 12.4 Å². The molecule has 0 spiro atoms. The van der Waals surface area contributed by atoms with Gasteiger partial charge in [-0.15, -0.1) is 11.3 Å². The minimum Gasteiger partial charge on any atom is -0.396 e. The number of carbonyl (C=O) groups excluding carboxylic acids is 1. The Morgan fingerprint density at radius 2 is 2.24 bits per heavy atom. The molecule has 1 aliphatic carbocycles. The highest BCUT2D eigenvalue weighted by Crippen LogP contribution is 2.31. The first kappa shape index (κ1) is 14.6. The molecular formula is C14H18N4OS2. The summed E-state index contributed by atoms with van der Waals surface area (Å²) in [5, 5.41) is 3.77. The van der Waals surface area contributed by atoms with E-state index in [-0.39, 0.29) is 11.9 Å². The first-order chi connectivity index (χ1) is 10.2. The molecule has 7 heteroatoms. The van der Waals surface area contributed by atoms with Crippen molar-refractivity contribution in [2.24, 2.45) is 0 Å². The van der Waals surface area contributed by atoms with Gasteiger partial charge in [-0.3, -0.25) is 4.79 Å². The van der Waals surface area contributed by atoms with Gasteiger partial charge in [-0.1, -0.05) is 6.42 Å². The van der Waals surface area contributed by atoms with E-state index in [2.05, 4.69) is 21.5 Å². The number of fused-ring (bicyclic) bond motifs is 1. The maximum atomic E-state index is 12.5. The van der Waals surface area contributed by atoms with Gasteiger partial charge in [-0.05, 0) is 25.5 Å². The standard InChI is InChI=1S/C14H18N4OS2/c1-20-9-4-2-3-8(7-9)18-13(19)12-10(15)11-14(21-12)17-6-5-16-11/h5-6,8-9H,2-4,7,15H2,1H3,(H,18,19). The zero-order valence-electron chi connectivity index (χ0n) is 11.8. The van der Waals surface area contributed by atoms with Crippen LogP contribution in [0.25, 0.3) is 10.3 Å². The molecule has 5 nitrogen and oxygen atoms in total. The fourth-order valence-electron chi connectivity index (χ4n) is 2.75. The van der Waals surface area contributed by atoms with Gasteiger partial charge in [-0.25, -0.2) is 9.97 Å². The molecule has 0 aliphatic heterocycles. The number of rotatable bonds is 3. The van der Waals surface area contributed by atoms with Crippen molar-refractivity contribution in [2.45, 2.75) is 37.0 Å². The van der Waals surface area contributed by atoms with Crippen molar-refractivity contribution < 1.29 is 4.79 Å². The summed E-state index contributed by atoms with van der Waals surface area (Å²) in [4.78, 5) is 22.1. The van der Waals surface area contributed by atoms with Gasteiger partial charge >= 0.3 is 0 Å². The van der Waals surface area contributed by atoms with Crippen LogP contribution in [0.4, 0.5) is 5.69 Å². The van der Waals surface area contributed by atoms with Crippen LogP contribution in [0.5, 0.6) is 0 Å². The van der Waals surface area contributed by atoms with Gasteiger partial charge in [0, 0.05) is 23.7 Å². The highest BCUT2D eigenvalue weighted by Gasteiger charge is 2.25. The molecule has 0 saturated heterocycles. The Kier molecular flexibility index (Phi) is 4.30. The monoisotopic (exact) mass is 322 g/mol. The van der Waals surface area contributed by atoms with E-state index >= 15 is 0 Å². The van der Waals surface area contributed by atoms with Gasteiger partial charge in [0.15, 0.2) is 0 Å². The molecule has 2 unspecified atom stereocenters. The smallest absolute Gasteiger partial charge is 0.263 e. The normalized spacial score (nSPS) is 22.3. The van der Waals surface area contributed by atoms with Crippen LogP contribution in [0.2, 0.25) is 0 Å². The largest absolute Gasteiger partial charge is 0.396 e. The van der Waals surface area contributed by atoms with E-state index in [4.69, 9.17) is 5.73 Å². The summed E-state index contributed by atoms with van der Waals surface area (Å²) in [5.41, 5.74) is 7.11. The molecule has 3 rings (SSSR count). The Balaban J connectivity index is 1.76. The number of aromatic nitrogens is 2. The summed E-state index contributed by atoms with van der Waals surface area (Å²) in [6.07, 6.45) is 9.84. The molecule has 2 aromatic heterocycles. The molecule has 0 bridgehead atoms. The summed E-state index contributed by atoms with van der Waals surface area (Å²) in [6, 6.07) is 0.245. The van der Waals surface area contributed by atoms with E-state index in [0.717, 1.165) is 12.8 Å². The van der Waals surface area contributed by atoms with Crippen LogP contribution in [0, 0.1) is 0 Å². The zero-order valence-corrected chi connectivity index (χ0v) is 13.5. The van der Waals surface area contributed by atoms with E-state index in [1.54, 1.807) is 12.4 Å². The molecule has 2 atom stereocenters. The minimum absolute atomic E-state index is 0.0935. The predicted octanol–water partition coefficient (Wildman–Crippen LogP) is 2.68. The lowest BCUT2D eigenvalue weighted by molar-refractivity contribution is 0.0933. The third-order valence-corrected chi connectivity index (χ3v) is 6.06. The van der Waals surface area contributed by atoms with Crippen molar-refractivity contribution in [1.29, 1.82) is 0 Å². The Labute approximate surface area is 131 Å². The lowest BCUT2D eigenvalue weighted by Crippen LogP contribution is -2.39. The van der Waals surface area contributed by atoms with Crippen molar-refractivity contribution in [3.05, 3.63) is 17.3 Å². The highest BCUT2D eigenvalue weighted by atomic mass is 32.2. The molecule has 112 valence electrons. The fourth-order valence-corrected chi connectivity index (χ4v) is 4.51. The number of nitrogens with zero attached hydrogens (tertiary/aromatic N) is 2. The number of thioether (sulfide) groups is 1. The number of amides is 1. The third kappa shape index (κ3) is 2.98. The maximum absolute atomic E-state index is 12.5. The van der Waals surface area contributed by atoms with Gasteiger partial charge in [-0.2, -0.15) is 11.8 Å². The fraction of sp³-hybridized carbons (Fsp3) is 0.500. The lowest BCUT2D eigenvalue weighted by atomic mass is 9.95. The second-order valence-corrected chi connectivity index (χ2v) is 7.39. The summed E-state index contributed by atoms with van der Waals surface area (Å²) >= 11 is 3.20. The van der Waals surface area contributed by atoms with E-state index in [9.17, 15) is 4.79 Å². The first-order valence-corrected chi connectivity index (χ1v) is 9.12. The SMILES string of the molecule is CSC1CCCC(NC(=O)c2sc3nccnc3c2N)C1. The van der Waals surface area contributed by atoms with Crippen LogP contribution < -0.4 is 11.1 Å². The topological polar surface area (TPSA) is 80.9 Å². The number of carbonyl (C=O) groups is 1. The minimum atomic E-state index is -0.0935. The quantitative estimate of drug-likeness (QED) is 0.908. The Hall–Kier alpha value is -1.34. The van der Waals surface area contributed by atoms with Crippen molar-refractivity contribution in [3.8, 4) is 0 Å². The van der Waals surface area contributed by atoms with Crippen molar-refractivity contribution in [1.82, 2.24) is 15.3 Å². The number of thiophene rings is 1. The molecule has 1 saturated carbocycles. The van der Waals surface area contributed by atoms with E-state index in [1.807, 2.05) is 11.8 Å². The number of hydrogen-bond donors (Lipinski definition) is 2. The van der Waals surface area contributed by atoms with Crippen LogP contribution in [-0.2, 0) is 0 Å². The van der Waals surface area contributed by atoms with Gasteiger partial charge in [0.2, 0.25) is 0 Å². The van der Waals surface area contributed by atoms with Gasteiger partial charge in [0.1, 0.15) is 15.2 Å². The molecule has 1 amide bonds. The Morgan fingerprint density at radius 3 is 3.00 bits per heavy atom. The van der Waals surface area contributed by atoms with Crippen molar-refractivity contribution in [3.63, 3.8) is 0 Å². The van der Waals surface area contributed by atoms with Gasteiger partial charge in [0.25, 0.3) is 5.91 Å². The summed E-state index contributed by atoms with van der Waals surface area (Å²) in [7, 11) is 0. The molecule has 0 aromatic carbocycles. The number of nitrogen functional groups attached to an aromatic ring is 1. The van der Waals surface area contributed by atoms with Crippen LogP contribution in [-0.4, -0.2) is 33.4 Å². The Morgan fingerprint density at radius 1 is 1.43 bits per heavy atom. The number of anilines is 1. The molecule has 2 aromatic rings. The highest BCUT2D eigenvalue weighted by molar-refractivity contribution is 7.99. The predicted molar refractivity (Wildman–Crippen MR) is 88.9 cm³/mol. The molecule has 21 heavy (non-hydrogen) atoms. The third-order valence-electron chi connectivity index (χ3n) is 3.86. The van der Waals surface area contributed by atoms with Crippen molar-refractivity contribution in [2.75, 3.05) is 12.0 Å². The van der Waals surface area contributed by atoms with E-state index < -0.39 is 0 Å². The molecule has 2 heterocycles. The number of nitrogens with two attached hydrogens (primary N) is 1. The lowest BCUT2D eigenvalue weighted by Gasteiger charge is -2.28. The van der Waals surface area contributed by atoms with Crippen molar-refractivity contribution >= 4 is 45.0 Å². The van der Waals surface area contributed by atoms with Gasteiger partial charge in [0.05, 0.1) is 5.69 Å².